The number of carbonyl (C=O) groups is 2. The van der Waals surface area contributed by atoms with Crippen LogP contribution in [-0.4, -0.2) is 36.4 Å². The van der Waals surface area contributed by atoms with Crippen molar-refractivity contribution in [2.75, 3.05) is 13.2 Å². The quantitative estimate of drug-likeness (QED) is 0.0374. The van der Waals surface area contributed by atoms with Crippen LogP contribution in [0.25, 0.3) is 0 Å². The van der Waals surface area contributed by atoms with Crippen molar-refractivity contribution < 1.29 is 24.2 Å². The zero-order valence-corrected chi connectivity index (χ0v) is 44.6. The molecule has 5 heteroatoms. The lowest BCUT2D eigenvalue weighted by atomic mass is 10.0. The fourth-order valence-corrected chi connectivity index (χ4v) is 8.10. The monoisotopic (exact) mass is 945 g/mol. The molecule has 0 aromatic rings. The van der Waals surface area contributed by atoms with E-state index in [4.69, 9.17) is 9.47 Å². The molecule has 0 aliphatic heterocycles. The van der Waals surface area contributed by atoms with E-state index in [0.717, 1.165) is 103 Å². The number of rotatable bonds is 52. The minimum Gasteiger partial charge on any atom is -0.462 e. The highest BCUT2D eigenvalue weighted by Gasteiger charge is 2.16. The lowest BCUT2D eigenvalue weighted by molar-refractivity contribution is -0.161. The fourth-order valence-electron chi connectivity index (χ4n) is 8.10. The first-order valence-electron chi connectivity index (χ1n) is 28.8. The summed E-state index contributed by atoms with van der Waals surface area (Å²) >= 11 is 0. The second-order valence-electron chi connectivity index (χ2n) is 19.0. The second-order valence-corrected chi connectivity index (χ2v) is 19.0. The van der Waals surface area contributed by atoms with Gasteiger partial charge >= 0.3 is 11.9 Å². The Hall–Kier alpha value is -3.18. The molecule has 0 aliphatic rings. The Morgan fingerprint density at radius 3 is 0.956 bits per heavy atom. The van der Waals surface area contributed by atoms with Crippen LogP contribution in [0.4, 0.5) is 0 Å². The standard InChI is InChI=1S/C63H108O5/c1-3-5-7-9-11-13-15-17-19-21-23-25-27-29-30-31-32-34-36-38-40-42-44-46-48-50-52-54-56-58-63(66)68-61(59-64)60-67-62(65)57-55-53-51-49-47-45-43-41-39-37-35-33-28-26-24-22-20-18-16-14-12-10-8-6-4-2/h5,7,11,13,17,19,23,25,29-30,32,34,38,40,44,46,61,64H,3-4,6,8-10,12,14-16,18,20-22,24,26-28,31,33,35-37,39,41-43,45,47-60H2,1-2H3/b7-5-,13-11-,19-17-,25-23-,30-29-,34-32-,40-38-,46-44-. The van der Waals surface area contributed by atoms with Crippen LogP contribution >= 0.6 is 0 Å². The molecule has 0 bridgehead atoms. The zero-order chi connectivity index (χ0) is 49.2. The highest BCUT2D eigenvalue weighted by atomic mass is 16.6. The summed E-state index contributed by atoms with van der Waals surface area (Å²) in [6, 6.07) is 0. The summed E-state index contributed by atoms with van der Waals surface area (Å²) in [4.78, 5) is 24.5. The SMILES string of the molecule is CC/C=C\C/C=C\C/C=C\C/C=C\C/C=C\C/C=C\C/C=C\C/C=C\CCCCCCC(=O)OC(CO)COC(=O)CCCCCCCCCCCCCCCCCCCCCCCCCCC. The van der Waals surface area contributed by atoms with Crippen molar-refractivity contribution in [3.63, 3.8) is 0 Å². The average molecular weight is 946 g/mol. The van der Waals surface area contributed by atoms with Gasteiger partial charge in [0.1, 0.15) is 6.61 Å². The van der Waals surface area contributed by atoms with Gasteiger partial charge in [-0.25, -0.2) is 0 Å². The van der Waals surface area contributed by atoms with Gasteiger partial charge in [0.25, 0.3) is 0 Å². The van der Waals surface area contributed by atoms with Crippen LogP contribution in [0.5, 0.6) is 0 Å². The molecular weight excluding hydrogens is 837 g/mol. The summed E-state index contributed by atoms with van der Waals surface area (Å²) < 4.78 is 10.7. The predicted octanol–water partition coefficient (Wildman–Crippen LogP) is 19.5. The van der Waals surface area contributed by atoms with Gasteiger partial charge in [-0.3, -0.25) is 9.59 Å². The van der Waals surface area contributed by atoms with Crippen LogP contribution in [0.15, 0.2) is 97.2 Å². The molecule has 0 rings (SSSR count). The number of esters is 2. The Morgan fingerprint density at radius 2 is 0.632 bits per heavy atom. The van der Waals surface area contributed by atoms with Crippen molar-refractivity contribution in [2.45, 2.75) is 277 Å². The molecule has 0 aromatic heterocycles. The number of hydrogen-bond acceptors (Lipinski definition) is 5. The van der Waals surface area contributed by atoms with Crippen LogP contribution in [-0.2, 0) is 19.1 Å². The number of hydrogen-bond donors (Lipinski definition) is 1. The molecule has 0 heterocycles. The summed E-state index contributed by atoms with van der Waals surface area (Å²) in [5, 5.41) is 9.65. The molecule has 5 nitrogen and oxygen atoms in total. The lowest BCUT2D eigenvalue weighted by Crippen LogP contribution is -2.28. The topological polar surface area (TPSA) is 72.8 Å². The number of aliphatic hydroxyl groups excluding tert-OH is 1. The van der Waals surface area contributed by atoms with Crippen molar-refractivity contribution in [1.29, 1.82) is 0 Å². The third-order valence-electron chi connectivity index (χ3n) is 12.4. The van der Waals surface area contributed by atoms with Gasteiger partial charge in [-0.15, -0.1) is 0 Å². The summed E-state index contributed by atoms with van der Waals surface area (Å²) in [5.41, 5.74) is 0. The van der Waals surface area contributed by atoms with E-state index in [9.17, 15) is 14.7 Å². The Balaban J connectivity index is 3.57. The van der Waals surface area contributed by atoms with Gasteiger partial charge in [0.15, 0.2) is 6.10 Å². The molecule has 68 heavy (non-hydrogen) atoms. The van der Waals surface area contributed by atoms with E-state index >= 15 is 0 Å². The van der Waals surface area contributed by atoms with Gasteiger partial charge in [0.05, 0.1) is 6.61 Å². The molecule has 0 fully saturated rings. The molecular formula is C63H108O5. The van der Waals surface area contributed by atoms with Gasteiger partial charge in [0, 0.05) is 12.8 Å². The maximum absolute atomic E-state index is 12.3. The predicted molar refractivity (Wildman–Crippen MR) is 297 cm³/mol. The lowest BCUT2D eigenvalue weighted by Gasteiger charge is -2.15. The van der Waals surface area contributed by atoms with Crippen LogP contribution in [0, 0.1) is 0 Å². The molecule has 0 aliphatic carbocycles. The minimum atomic E-state index is -0.791. The van der Waals surface area contributed by atoms with Gasteiger partial charge in [-0.2, -0.15) is 0 Å². The van der Waals surface area contributed by atoms with Crippen LogP contribution in [0.3, 0.4) is 0 Å². The third-order valence-corrected chi connectivity index (χ3v) is 12.4. The van der Waals surface area contributed by atoms with Crippen molar-refractivity contribution in [3.05, 3.63) is 97.2 Å². The number of allylic oxidation sites excluding steroid dienone is 16. The molecule has 1 N–H and O–H groups in total. The molecule has 390 valence electrons. The number of aliphatic hydroxyl groups is 1. The summed E-state index contributed by atoms with van der Waals surface area (Å²) in [5.74, 6) is -0.615. The number of ether oxygens (including phenoxy) is 2. The third kappa shape index (κ3) is 55.4. The Bertz CT molecular complexity index is 1300. The van der Waals surface area contributed by atoms with E-state index in [1.165, 1.54) is 141 Å². The van der Waals surface area contributed by atoms with Crippen LogP contribution in [0.1, 0.15) is 271 Å². The molecule has 1 unspecified atom stereocenters. The maximum atomic E-state index is 12.3. The number of unbranched alkanes of at least 4 members (excludes halogenated alkanes) is 28. The van der Waals surface area contributed by atoms with E-state index in [1.807, 2.05) is 0 Å². The largest absolute Gasteiger partial charge is 0.462 e. The molecule has 0 spiro atoms. The van der Waals surface area contributed by atoms with Crippen molar-refractivity contribution in [1.82, 2.24) is 0 Å². The van der Waals surface area contributed by atoms with Crippen molar-refractivity contribution in [3.8, 4) is 0 Å². The average Bonchev–Trinajstić information content (AvgIpc) is 3.34. The van der Waals surface area contributed by atoms with E-state index in [0.29, 0.717) is 12.8 Å². The Morgan fingerprint density at radius 1 is 0.353 bits per heavy atom. The zero-order valence-electron chi connectivity index (χ0n) is 44.6. The first-order valence-corrected chi connectivity index (χ1v) is 28.8. The smallest absolute Gasteiger partial charge is 0.306 e. The first-order chi connectivity index (χ1) is 33.6. The molecule has 0 amide bonds. The van der Waals surface area contributed by atoms with Crippen molar-refractivity contribution in [2.24, 2.45) is 0 Å². The second kappa shape index (κ2) is 58.1. The molecule has 0 radical (unpaired) electrons. The van der Waals surface area contributed by atoms with Crippen molar-refractivity contribution >= 4 is 11.9 Å². The summed E-state index contributed by atoms with van der Waals surface area (Å²) in [7, 11) is 0. The number of carbonyl (C=O) groups excluding carboxylic acids is 2. The fraction of sp³-hybridized carbons (Fsp3) is 0.714. The van der Waals surface area contributed by atoms with Gasteiger partial charge in [0.2, 0.25) is 0 Å². The van der Waals surface area contributed by atoms with Crippen LogP contribution in [0.2, 0.25) is 0 Å². The normalized spacial score (nSPS) is 12.9. The molecule has 0 saturated heterocycles. The highest BCUT2D eigenvalue weighted by molar-refractivity contribution is 5.70. The summed E-state index contributed by atoms with van der Waals surface area (Å²) in [6.45, 7) is 4.03. The van der Waals surface area contributed by atoms with Gasteiger partial charge in [-0.05, 0) is 77.0 Å². The molecule has 0 saturated carbocycles. The van der Waals surface area contributed by atoms with E-state index in [1.54, 1.807) is 0 Å². The Labute approximate surface area is 421 Å². The van der Waals surface area contributed by atoms with Crippen LogP contribution < -0.4 is 0 Å². The van der Waals surface area contributed by atoms with E-state index in [-0.39, 0.29) is 25.2 Å². The highest BCUT2D eigenvalue weighted by Crippen LogP contribution is 2.17. The Kier molecular flexibility index (Phi) is 55.4. The van der Waals surface area contributed by atoms with E-state index < -0.39 is 6.10 Å². The first kappa shape index (κ1) is 64.8. The summed E-state index contributed by atoms with van der Waals surface area (Å²) in [6.07, 6.45) is 82.4. The molecule has 0 aromatic carbocycles. The maximum Gasteiger partial charge on any atom is 0.306 e. The van der Waals surface area contributed by atoms with Gasteiger partial charge < -0.3 is 14.6 Å². The minimum absolute atomic E-state index is 0.0788. The van der Waals surface area contributed by atoms with Gasteiger partial charge in [-0.1, -0.05) is 278 Å². The van der Waals surface area contributed by atoms with E-state index in [2.05, 4.69) is 111 Å². The molecule has 1 atom stereocenters.